The fourth-order valence-electron chi connectivity index (χ4n) is 1.92. The van der Waals surface area contributed by atoms with Crippen molar-refractivity contribution in [2.45, 2.75) is 26.7 Å². The number of nitrogen functional groups attached to an aromatic ring is 1. The predicted molar refractivity (Wildman–Crippen MR) is 80.1 cm³/mol. The van der Waals surface area contributed by atoms with E-state index < -0.39 is 0 Å². The van der Waals surface area contributed by atoms with Gasteiger partial charge >= 0.3 is 0 Å². The van der Waals surface area contributed by atoms with Crippen LogP contribution in [0, 0.1) is 6.92 Å². The highest BCUT2D eigenvalue weighted by atomic mass is 35.5. The molecule has 0 atom stereocenters. The van der Waals surface area contributed by atoms with E-state index in [9.17, 15) is 0 Å². The summed E-state index contributed by atoms with van der Waals surface area (Å²) in [5.74, 6) is 7.30. The summed E-state index contributed by atoms with van der Waals surface area (Å²) in [6, 6.07) is 5.46. The molecule has 0 fully saturated rings. The number of nitrogens with two attached hydrogens (primary N) is 1. The maximum atomic E-state index is 5.94. The molecule has 0 unspecified atom stereocenters. The highest BCUT2D eigenvalue weighted by Crippen LogP contribution is 2.30. The monoisotopic (exact) mass is 292 g/mol. The van der Waals surface area contributed by atoms with Crippen LogP contribution in [0.5, 0.6) is 11.6 Å². The lowest BCUT2D eigenvalue weighted by Gasteiger charge is -2.13. The molecular formula is C14H17ClN4O. The largest absolute Gasteiger partial charge is 0.438 e. The normalized spacial score (nSPS) is 10.4. The molecule has 1 heterocycles. The molecule has 0 bridgehead atoms. The van der Waals surface area contributed by atoms with Crippen molar-refractivity contribution in [2.75, 3.05) is 5.43 Å². The Bertz CT molecular complexity index is 604. The predicted octanol–water partition coefficient (Wildman–Crippen LogP) is 3.47. The molecule has 0 spiro atoms. The second-order valence-electron chi connectivity index (χ2n) is 4.41. The third-order valence-electron chi connectivity index (χ3n) is 2.89. The number of aromatic nitrogens is 2. The standard InChI is InChI=1S/C14H17ClN4O/c1-3-4-11-13(19-16)17-8-18-14(11)20-12-6-5-10(15)7-9(12)2/h5-8H,3-4,16H2,1-2H3,(H,17,18,19). The fourth-order valence-corrected chi connectivity index (χ4v) is 2.14. The molecule has 1 aromatic heterocycles. The first-order valence-corrected chi connectivity index (χ1v) is 6.78. The van der Waals surface area contributed by atoms with Crippen LogP contribution in [0.4, 0.5) is 5.82 Å². The first-order valence-electron chi connectivity index (χ1n) is 6.40. The number of hydrogen-bond donors (Lipinski definition) is 2. The Kier molecular flexibility index (Phi) is 4.76. The van der Waals surface area contributed by atoms with Gasteiger partial charge in [0.25, 0.3) is 0 Å². The van der Waals surface area contributed by atoms with E-state index in [1.807, 2.05) is 19.1 Å². The van der Waals surface area contributed by atoms with E-state index in [-0.39, 0.29) is 0 Å². The first-order chi connectivity index (χ1) is 9.65. The van der Waals surface area contributed by atoms with Gasteiger partial charge in [-0.05, 0) is 37.1 Å². The van der Waals surface area contributed by atoms with Crippen LogP contribution in [0.15, 0.2) is 24.5 Å². The van der Waals surface area contributed by atoms with Gasteiger partial charge in [0.05, 0.1) is 5.56 Å². The van der Waals surface area contributed by atoms with Crippen LogP contribution in [0.2, 0.25) is 5.02 Å². The molecule has 6 heteroatoms. The third-order valence-corrected chi connectivity index (χ3v) is 3.12. The van der Waals surface area contributed by atoms with E-state index in [1.165, 1.54) is 6.33 Å². The van der Waals surface area contributed by atoms with Gasteiger partial charge in [0, 0.05) is 5.02 Å². The smallest absolute Gasteiger partial charge is 0.227 e. The van der Waals surface area contributed by atoms with Gasteiger partial charge in [0.2, 0.25) is 5.88 Å². The zero-order valence-electron chi connectivity index (χ0n) is 11.5. The summed E-state index contributed by atoms with van der Waals surface area (Å²) in [5.41, 5.74) is 4.39. The van der Waals surface area contributed by atoms with Crippen molar-refractivity contribution >= 4 is 17.4 Å². The van der Waals surface area contributed by atoms with Crippen molar-refractivity contribution in [1.29, 1.82) is 0 Å². The van der Waals surface area contributed by atoms with Crippen LogP contribution < -0.4 is 16.0 Å². The number of rotatable bonds is 5. The summed E-state index contributed by atoms with van der Waals surface area (Å²) in [7, 11) is 0. The molecule has 5 nitrogen and oxygen atoms in total. The molecule has 0 radical (unpaired) electrons. The number of nitrogens with one attached hydrogen (secondary N) is 1. The minimum absolute atomic E-state index is 0.514. The van der Waals surface area contributed by atoms with E-state index in [0.29, 0.717) is 22.5 Å². The Hall–Kier alpha value is -1.85. The van der Waals surface area contributed by atoms with Gasteiger partial charge in [-0.15, -0.1) is 0 Å². The van der Waals surface area contributed by atoms with Crippen molar-refractivity contribution in [3.63, 3.8) is 0 Å². The molecule has 3 N–H and O–H groups in total. The van der Waals surface area contributed by atoms with Crippen molar-refractivity contribution in [3.05, 3.63) is 40.7 Å². The lowest BCUT2D eigenvalue weighted by atomic mass is 10.1. The van der Waals surface area contributed by atoms with Gasteiger partial charge in [-0.3, -0.25) is 0 Å². The van der Waals surface area contributed by atoms with E-state index in [2.05, 4.69) is 22.3 Å². The van der Waals surface area contributed by atoms with Crippen LogP contribution in [0.3, 0.4) is 0 Å². The van der Waals surface area contributed by atoms with E-state index in [0.717, 1.165) is 24.0 Å². The van der Waals surface area contributed by atoms with Crippen molar-refractivity contribution in [1.82, 2.24) is 9.97 Å². The number of benzene rings is 1. The van der Waals surface area contributed by atoms with Gasteiger partial charge in [-0.2, -0.15) is 0 Å². The second-order valence-corrected chi connectivity index (χ2v) is 4.85. The summed E-state index contributed by atoms with van der Waals surface area (Å²) in [5, 5.41) is 0.677. The molecule has 0 aliphatic rings. The van der Waals surface area contributed by atoms with Crippen LogP contribution in [-0.4, -0.2) is 9.97 Å². The first kappa shape index (κ1) is 14.6. The average molecular weight is 293 g/mol. The van der Waals surface area contributed by atoms with Gasteiger partial charge in [0.15, 0.2) is 0 Å². The molecule has 106 valence electrons. The van der Waals surface area contributed by atoms with Gasteiger partial charge < -0.3 is 10.2 Å². The Morgan fingerprint density at radius 1 is 1.35 bits per heavy atom. The Balaban J connectivity index is 2.37. The minimum Gasteiger partial charge on any atom is -0.438 e. The minimum atomic E-state index is 0.514. The van der Waals surface area contributed by atoms with Crippen LogP contribution in [0.1, 0.15) is 24.5 Å². The lowest BCUT2D eigenvalue weighted by molar-refractivity contribution is 0.451. The zero-order chi connectivity index (χ0) is 14.5. The number of ether oxygens (including phenoxy) is 1. The number of halogens is 1. The highest BCUT2D eigenvalue weighted by molar-refractivity contribution is 6.30. The number of hydrazine groups is 1. The van der Waals surface area contributed by atoms with Crippen molar-refractivity contribution in [2.24, 2.45) is 5.84 Å². The van der Waals surface area contributed by atoms with E-state index in [1.54, 1.807) is 6.07 Å². The molecule has 0 amide bonds. The summed E-state index contributed by atoms with van der Waals surface area (Å²) in [6.45, 7) is 4.01. The molecule has 0 aliphatic heterocycles. The van der Waals surface area contributed by atoms with Gasteiger partial charge in [0.1, 0.15) is 17.9 Å². The van der Waals surface area contributed by atoms with Gasteiger partial charge in [-0.25, -0.2) is 15.8 Å². The molecule has 2 aromatic rings. The molecule has 20 heavy (non-hydrogen) atoms. The molecule has 2 rings (SSSR count). The molecule has 0 saturated heterocycles. The topological polar surface area (TPSA) is 73.1 Å². The van der Waals surface area contributed by atoms with Crippen LogP contribution in [0.25, 0.3) is 0 Å². The van der Waals surface area contributed by atoms with Gasteiger partial charge in [-0.1, -0.05) is 24.9 Å². The van der Waals surface area contributed by atoms with Crippen LogP contribution in [-0.2, 0) is 6.42 Å². The Labute approximate surface area is 123 Å². The zero-order valence-corrected chi connectivity index (χ0v) is 12.2. The van der Waals surface area contributed by atoms with Crippen molar-refractivity contribution in [3.8, 4) is 11.6 Å². The molecule has 0 saturated carbocycles. The number of anilines is 1. The van der Waals surface area contributed by atoms with Crippen LogP contribution >= 0.6 is 11.6 Å². The number of nitrogens with zero attached hydrogens (tertiary/aromatic N) is 2. The average Bonchev–Trinajstić information content (AvgIpc) is 2.43. The Morgan fingerprint density at radius 2 is 2.15 bits per heavy atom. The number of aryl methyl sites for hydroxylation is 1. The van der Waals surface area contributed by atoms with E-state index in [4.69, 9.17) is 22.2 Å². The molecular weight excluding hydrogens is 276 g/mol. The number of hydrogen-bond acceptors (Lipinski definition) is 5. The fraction of sp³-hybridized carbons (Fsp3) is 0.286. The SMILES string of the molecule is CCCc1c(NN)ncnc1Oc1ccc(Cl)cc1C. The summed E-state index contributed by atoms with van der Waals surface area (Å²) >= 11 is 5.94. The quantitative estimate of drug-likeness (QED) is 0.652. The second kappa shape index (κ2) is 6.54. The molecule has 1 aromatic carbocycles. The summed E-state index contributed by atoms with van der Waals surface area (Å²) < 4.78 is 5.89. The third kappa shape index (κ3) is 3.18. The maximum Gasteiger partial charge on any atom is 0.227 e. The van der Waals surface area contributed by atoms with Crippen molar-refractivity contribution < 1.29 is 4.74 Å². The highest BCUT2D eigenvalue weighted by Gasteiger charge is 2.13. The summed E-state index contributed by atoms with van der Waals surface area (Å²) in [6.07, 6.45) is 3.15. The lowest BCUT2D eigenvalue weighted by Crippen LogP contribution is -2.12. The van der Waals surface area contributed by atoms with E-state index >= 15 is 0 Å². The molecule has 0 aliphatic carbocycles. The Morgan fingerprint density at radius 3 is 2.80 bits per heavy atom. The summed E-state index contributed by atoms with van der Waals surface area (Å²) in [4.78, 5) is 8.31. The maximum absolute atomic E-state index is 5.94.